The van der Waals surface area contributed by atoms with Gasteiger partial charge in [-0.05, 0) is 29.0 Å². The highest BCUT2D eigenvalue weighted by molar-refractivity contribution is 7.17. The molecule has 0 unspecified atom stereocenters. The molecule has 0 saturated heterocycles. The molecule has 0 fully saturated rings. The van der Waals surface area contributed by atoms with Crippen LogP contribution < -0.4 is 5.56 Å². The molecule has 0 amide bonds. The maximum atomic E-state index is 12.1. The molecule has 0 saturated carbocycles. The molecule has 16 heavy (non-hydrogen) atoms. The van der Waals surface area contributed by atoms with Crippen molar-refractivity contribution in [2.75, 3.05) is 0 Å². The number of thiophene rings is 2. The average Bonchev–Trinajstić information content (AvgIpc) is 2.93. The molecule has 0 aromatic carbocycles. The van der Waals surface area contributed by atoms with Crippen LogP contribution in [0.2, 0.25) is 0 Å². The van der Waals surface area contributed by atoms with E-state index in [-0.39, 0.29) is 5.56 Å². The third-order valence-electron chi connectivity index (χ3n) is 2.50. The van der Waals surface area contributed by atoms with Gasteiger partial charge in [0.05, 0.1) is 11.9 Å². The Labute approximate surface area is 100 Å². The predicted molar refractivity (Wildman–Crippen MR) is 69.5 cm³/mol. The molecule has 4 heteroatoms. The van der Waals surface area contributed by atoms with Gasteiger partial charge in [0.2, 0.25) is 0 Å². The maximum Gasteiger partial charge on any atom is 0.259 e. The van der Waals surface area contributed by atoms with E-state index >= 15 is 0 Å². The zero-order chi connectivity index (χ0) is 11.0. The first-order chi connectivity index (χ1) is 7.84. The molecule has 3 heterocycles. The second-order valence-corrected chi connectivity index (χ2v) is 5.51. The molecule has 3 aromatic rings. The molecule has 0 N–H and O–H groups in total. The minimum atomic E-state index is 0.104. The monoisotopic (exact) mass is 247 g/mol. The zero-order valence-electron chi connectivity index (χ0n) is 8.42. The summed E-state index contributed by atoms with van der Waals surface area (Å²) in [4.78, 5) is 13.3. The highest BCUT2D eigenvalue weighted by Crippen LogP contribution is 2.17. The lowest BCUT2D eigenvalue weighted by Gasteiger charge is -2.03. The number of pyridine rings is 1. The molecule has 0 aliphatic rings. The number of hydrogen-bond donors (Lipinski definition) is 0. The lowest BCUT2D eigenvalue weighted by Crippen LogP contribution is -2.18. The topological polar surface area (TPSA) is 22.0 Å². The van der Waals surface area contributed by atoms with E-state index in [4.69, 9.17) is 0 Å². The molecule has 0 aliphatic carbocycles. The summed E-state index contributed by atoms with van der Waals surface area (Å²) in [5.41, 5.74) is 0.104. The third-order valence-corrected chi connectivity index (χ3v) is 4.24. The van der Waals surface area contributed by atoms with Crippen molar-refractivity contribution in [2.45, 2.75) is 6.54 Å². The first-order valence-electron chi connectivity index (χ1n) is 4.93. The Balaban J connectivity index is 2.10. The van der Waals surface area contributed by atoms with Gasteiger partial charge in [-0.15, -0.1) is 22.7 Å². The van der Waals surface area contributed by atoms with Gasteiger partial charge in [-0.2, -0.15) is 0 Å². The minimum Gasteiger partial charge on any atom is -0.310 e. The lowest BCUT2D eigenvalue weighted by molar-refractivity contribution is 0.779. The minimum absolute atomic E-state index is 0.104. The van der Waals surface area contributed by atoms with Crippen molar-refractivity contribution < 1.29 is 0 Å². The van der Waals surface area contributed by atoms with Crippen LogP contribution in [-0.2, 0) is 6.54 Å². The number of fused-ring (bicyclic) bond motifs is 1. The number of aromatic nitrogens is 1. The lowest BCUT2D eigenvalue weighted by atomic mass is 10.3. The van der Waals surface area contributed by atoms with E-state index in [0.717, 1.165) is 10.1 Å². The summed E-state index contributed by atoms with van der Waals surface area (Å²) < 4.78 is 2.83. The van der Waals surface area contributed by atoms with Crippen molar-refractivity contribution in [1.82, 2.24) is 4.57 Å². The largest absolute Gasteiger partial charge is 0.310 e. The highest BCUT2D eigenvalue weighted by Gasteiger charge is 2.04. The quantitative estimate of drug-likeness (QED) is 0.681. The van der Waals surface area contributed by atoms with Crippen molar-refractivity contribution in [3.63, 3.8) is 0 Å². The first kappa shape index (κ1) is 9.81. The van der Waals surface area contributed by atoms with Crippen LogP contribution in [0.4, 0.5) is 0 Å². The van der Waals surface area contributed by atoms with Gasteiger partial charge >= 0.3 is 0 Å². The molecule has 0 atom stereocenters. The van der Waals surface area contributed by atoms with Crippen molar-refractivity contribution in [3.8, 4) is 0 Å². The van der Waals surface area contributed by atoms with E-state index in [2.05, 4.69) is 6.07 Å². The molecule has 0 aliphatic heterocycles. The molecular weight excluding hydrogens is 238 g/mol. The Morgan fingerprint density at radius 3 is 2.88 bits per heavy atom. The molecular formula is C12H9NOS2. The predicted octanol–water partition coefficient (Wildman–Crippen LogP) is 3.17. The summed E-state index contributed by atoms with van der Waals surface area (Å²) in [6.45, 7) is 0.669. The van der Waals surface area contributed by atoms with Gasteiger partial charge in [0.15, 0.2) is 0 Å². The van der Waals surface area contributed by atoms with Gasteiger partial charge in [0, 0.05) is 15.8 Å². The molecule has 2 nitrogen and oxygen atoms in total. The SMILES string of the molecule is O=c1c2ccsc2ccn1Cc1cccs1. The Morgan fingerprint density at radius 1 is 1.12 bits per heavy atom. The van der Waals surface area contributed by atoms with E-state index in [1.54, 1.807) is 27.2 Å². The molecule has 0 radical (unpaired) electrons. The van der Waals surface area contributed by atoms with Gasteiger partial charge in [0.1, 0.15) is 0 Å². The van der Waals surface area contributed by atoms with Crippen LogP contribution in [0.1, 0.15) is 4.88 Å². The van der Waals surface area contributed by atoms with Crippen molar-refractivity contribution in [2.24, 2.45) is 0 Å². The Morgan fingerprint density at radius 2 is 2.06 bits per heavy atom. The van der Waals surface area contributed by atoms with Crippen LogP contribution in [0.3, 0.4) is 0 Å². The van der Waals surface area contributed by atoms with Gasteiger partial charge in [0.25, 0.3) is 5.56 Å². The Bertz CT molecular complexity index is 664. The summed E-state index contributed by atoms with van der Waals surface area (Å²) in [5, 5.41) is 4.81. The summed E-state index contributed by atoms with van der Waals surface area (Å²) in [6, 6.07) is 7.96. The van der Waals surface area contributed by atoms with Gasteiger partial charge < -0.3 is 4.57 Å². The molecule has 3 rings (SSSR count). The molecule has 0 bridgehead atoms. The normalized spacial score (nSPS) is 11.0. The fourth-order valence-corrected chi connectivity index (χ4v) is 3.18. The van der Waals surface area contributed by atoms with Crippen LogP contribution in [0.15, 0.2) is 46.0 Å². The summed E-state index contributed by atoms with van der Waals surface area (Å²) in [6.07, 6.45) is 1.88. The fraction of sp³-hybridized carbons (Fsp3) is 0.0833. The van der Waals surface area contributed by atoms with Crippen molar-refractivity contribution in [1.29, 1.82) is 0 Å². The maximum absolute atomic E-state index is 12.1. The number of nitrogens with zero attached hydrogens (tertiary/aromatic N) is 1. The summed E-state index contributed by atoms with van der Waals surface area (Å²) >= 11 is 3.28. The number of hydrogen-bond acceptors (Lipinski definition) is 3. The highest BCUT2D eigenvalue weighted by atomic mass is 32.1. The first-order valence-corrected chi connectivity index (χ1v) is 6.69. The van der Waals surface area contributed by atoms with Crippen LogP contribution in [-0.4, -0.2) is 4.57 Å². The summed E-state index contributed by atoms with van der Waals surface area (Å²) in [7, 11) is 0. The smallest absolute Gasteiger partial charge is 0.259 e. The van der Waals surface area contributed by atoms with Crippen molar-refractivity contribution in [3.05, 3.63) is 56.5 Å². The van der Waals surface area contributed by atoms with E-state index in [9.17, 15) is 4.79 Å². The summed E-state index contributed by atoms with van der Waals surface area (Å²) in [5.74, 6) is 0. The third kappa shape index (κ3) is 1.60. The molecule has 3 aromatic heterocycles. The van der Waals surface area contributed by atoms with Gasteiger partial charge in [-0.1, -0.05) is 6.07 Å². The average molecular weight is 247 g/mol. The second kappa shape index (κ2) is 3.88. The van der Waals surface area contributed by atoms with E-state index in [0.29, 0.717) is 6.54 Å². The standard InChI is InChI=1S/C12H9NOS2/c14-12-10-4-7-16-11(10)3-5-13(12)8-9-2-1-6-15-9/h1-7H,8H2. The van der Waals surface area contributed by atoms with E-state index in [1.807, 2.05) is 35.2 Å². The van der Waals surface area contributed by atoms with Crippen molar-refractivity contribution >= 4 is 32.8 Å². The van der Waals surface area contributed by atoms with Crippen LogP contribution in [0.25, 0.3) is 10.1 Å². The van der Waals surface area contributed by atoms with Gasteiger partial charge in [-0.3, -0.25) is 4.79 Å². The fourth-order valence-electron chi connectivity index (χ4n) is 1.70. The molecule has 80 valence electrons. The van der Waals surface area contributed by atoms with Crippen LogP contribution >= 0.6 is 22.7 Å². The zero-order valence-corrected chi connectivity index (χ0v) is 10.1. The van der Waals surface area contributed by atoms with Crippen LogP contribution in [0.5, 0.6) is 0 Å². The van der Waals surface area contributed by atoms with Crippen LogP contribution in [0, 0.1) is 0 Å². The Hall–Kier alpha value is -1.39. The van der Waals surface area contributed by atoms with E-state index in [1.165, 1.54) is 4.88 Å². The second-order valence-electron chi connectivity index (χ2n) is 3.53. The number of rotatable bonds is 2. The van der Waals surface area contributed by atoms with Gasteiger partial charge in [-0.25, -0.2) is 0 Å². The molecule has 0 spiro atoms. The van der Waals surface area contributed by atoms with E-state index < -0.39 is 0 Å². The Kier molecular flexibility index (Phi) is 2.38.